The van der Waals surface area contributed by atoms with Gasteiger partial charge in [-0.3, -0.25) is 4.79 Å². The second-order valence-corrected chi connectivity index (χ2v) is 5.52. The van der Waals surface area contributed by atoms with Crippen molar-refractivity contribution in [3.8, 4) is 11.6 Å². The van der Waals surface area contributed by atoms with Gasteiger partial charge in [0.15, 0.2) is 0 Å². The number of amides is 1. The molecule has 0 spiro atoms. The van der Waals surface area contributed by atoms with E-state index in [1.807, 2.05) is 54.6 Å². The molecule has 126 valence electrons. The van der Waals surface area contributed by atoms with E-state index < -0.39 is 0 Å². The standard InChI is InChI=1S/C20H19N3O2/c1-22-20(24)16-9-12-18(23-13-16)25-17-10-7-15(8-11-17)19(21)14-5-3-2-4-6-14/h2-13,19H,21H2,1H3,(H,22,24). The quantitative estimate of drug-likeness (QED) is 0.751. The van der Waals surface area contributed by atoms with Crippen molar-refractivity contribution < 1.29 is 9.53 Å². The third-order valence-electron chi connectivity index (χ3n) is 3.85. The number of hydrogen-bond acceptors (Lipinski definition) is 4. The molecule has 0 radical (unpaired) electrons. The lowest BCUT2D eigenvalue weighted by atomic mass is 10.00. The fraction of sp³-hybridized carbons (Fsp3) is 0.100. The summed E-state index contributed by atoms with van der Waals surface area (Å²) in [5.41, 5.74) is 8.83. The average molecular weight is 333 g/mol. The number of nitrogens with one attached hydrogen (secondary N) is 1. The Morgan fingerprint density at radius 3 is 2.28 bits per heavy atom. The summed E-state index contributed by atoms with van der Waals surface area (Å²) in [6.45, 7) is 0. The second-order valence-electron chi connectivity index (χ2n) is 5.52. The van der Waals surface area contributed by atoms with Gasteiger partial charge in [0.2, 0.25) is 5.88 Å². The molecule has 0 saturated carbocycles. The number of benzene rings is 2. The Balaban J connectivity index is 1.69. The van der Waals surface area contributed by atoms with Gasteiger partial charge in [0, 0.05) is 19.3 Å². The van der Waals surface area contributed by atoms with Crippen LogP contribution in [0.5, 0.6) is 11.6 Å². The molecule has 3 rings (SSSR count). The van der Waals surface area contributed by atoms with Crippen LogP contribution in [0, 0.1) is 0 Å². The molecule has 0 fully saturated rings. The Labute approximate surface area is 146 Å². The van der Waals surface area contributed by atoms with Crippen molar-refractivity contribution in [1.82, 2.24) is 10.3 Å². The Kier molecular flexibility index (Phi) is 5.06. The summed E-state index contributed by atoms with van der Waals surface area (Å²) in [6, 6.07) is 20.7. The molecule has 25 heavy (non-hydrogen) atoms. The van der Waals surface area contributed by atoms with Gasteiger partial charge in [0.1, 0.15) is 5.75 Å². The maximum absolute atomic E-state index is 11.5. The van der Waals surface area contributed by atoms with E-state index in [1.54, 1.807) is 19.2 Å². The number of carbonyl (C=O) groups excluding carboxylic acids is 1. The van der Waals surface area contributed by atoms with Crippen LogP contribution in [0.15, 0.2) is 72.9 Å². The topological polar surface area (TPSA) is 77.2 Å². The minimum Gasteiger partial charge on any atom is -0.439 e. The summed E-state index contributed by atoms with van der Waals surface area (Å²) >= 11 is 0. The van der Waals surface area contributed by atoms with Crippen molar-refractivity contribution >= 4 is 5.91 Å². The lowest BCUT2D eigenvalue weighted by Gasteiger charge is -2.13. The lowest BCUT2D eigenvalue weighted by molar-refractivity contribution is 0.0962. The van der Waals surface area contributed by atoms with Crippen LogP contribution in [0.1, 0.15) is 27.5 Å². The highest BCUT2D eigenvalue weighted by atomic mass is 16.5. The molecule has 3 aromatic rings. The molecule has 5 heteroatoms. The fourth-order valence-corrected chi connectivity index (χ4v) is 2.44. The molecule has 5 nitrogen and oxygen atoms in total. The van der Waals surface area contributed by atoms with Gasteiger partial charge in [-0.1, -0.05) is 42.5 Å². The first-order chi connectivity index (χ1) is 12.2. The first-order valence-electron chi connectivity index (χ1n) is 7.94. The number of aromatic nitrogens is 1. The van der Waals surface area contributed by atoms with Gasteiger partial charge < -0.3 is 15.8 Å². The number of hydrogen-bond donors (Lipinski definition) is 2. The summed E-state index contributed by atoms with van der Waals surface area (Å²) in [5, 5.41) is 2.55. The van der Waals surface area contributed by atoms with Gasteiger partial charge in [-0.05, 0) is 29.3 Å². The maximum Gasteiger partial charge on any atom is 0.252 e. The average Bonchev–Trinajstić information content (AvgIpc) is 2.68. The summed E-state index contributed by atoms with van der Waals surface area (Å²) in [4.78, 5) is 15.6. The van der Waals surface area contributed by atoms with Gasteiger partial charge in [0.05, 0.1) is 11.6 Å². The lowest BCUT2D eigenvalue weighted by Crippen LogP contribution is -2.17. The zero-order chi connectivity index (χ0) is 17.6. The largest absolute Gasteiger partial charge is 0.439 e. The van der Waals surface area contributed by atoms with Crippen molar-refractivity contribution in [2.75, 3.05) is 7.05 Å². The first-order valence-corrected chi connectivity index (χ1v) is 7.94. The molecule has 1 unspecified atom stereocenters. The van der Waals surface area contributed by atoms with E-state index in [0.29, 0.717) is 17.2 Å². The summed E-state index contributed by atoms with van der Waals surface area (Å²) in [6.07, 6.45) is 1.48. The highest BCUT2D eigenvalue weighted by Gasteiger charge is 2.09. The van der Waals surface area contributed by atoms with E-state index in [-0.39, 0.29) is 11.9 Å². The second kappa shape index (κ2) is 7.59. The Morgan fingerprint density at radius 2 is 1.68 bits per heavy atom. The van der Waals surface area contributed by atoms with Crippen LogP contribution in [-0.4, -0.2) is 17.9 Å². The van der Waals surface area contributed by atoms with Crippen molar-refractivity contribution in [1.29, 1.82) is 0 Å². The molecule has 3 N–H and O–H groups in total. The van der Waals surface area contributed by atoms with Gasteiger partial charge in [-0.15, -0.1) is 0 Å². The fourth-order valence-electron chi connectivity index (χ4n) is 2.44. The minimum atomic E-state index is -0.182. The molecule has 1 atom stereocenters. The van der Waals surface area contributed by atoms with Gasteiger partial charge in [0.25, 0.3) is 5.91 Å². The van der Waals surface area contributed by atoms with Crippen LogP contribution in [0.3, 0.4) is 0 Å². The molecule has 0 aliphatic rings. The molecular formula is C20H19N3O2. The molecular weight excluding hydrogens is 314 g/mol. The summed E-state index contributed by atoms with van der Waals surface area (Å²) < 4.78 is 5.70. The molecule has 1 aromatic heterocycles. The molecule has 1 amide bonds. The van der Waals surface area contributed by atoms with E-state index in [4.69, 9.17) is 10.5 Å². The molecule has 0 aliphatic carbocycles. The third-order valence-corrected chi connectivity index (χ3v) is 3.85. The first kappa shape index (κ1) is 16.7. The van der Waals surface area contributed by atoms with Crippen molar-refractivity contribution in [3.63, 3.8) is 0 Å². The Hall–Kier alpha value is -3.18. The maximum atomic E-state index is 11.5. The molecule has 0 bridgehead atoms. The predicted octanol–water partition coefficient (Wildman–Crippen LogP) is 3.28. The third kappa shape index (κ3) is 4.02. The number of nitrogens with two attached hydrogens (primary N) is 1. The van der Waals surface area contributed by atoms with Crippen LogP contribution in [0.2, 0.25) is 0 Å². The molecule has 0 saturated heterocycles. The summed E-state index contributed by atoms with van der Waals surface area (Å²) in [7, 11) is 1.58. The van der Waals surface area contributed by atoms with E-state index in [9.17, 15) is 4.79 Å². The number of carbonyl (C=O) groups is 1. The van der Waals surface area contributed by atoms with Crippen LogP contribution in [0.4, 0.5) is 0 Å². The summed E-state index contributed by atoms with van der Waals surface area (Å²) in [5.74, 6) is 0.898. The number of rotatable bonds is 5. The van der Waals surface area contributed by atoms with Crippen molar-refractivity contribution in [2.24, 2.45) is 5.73 Å². The van der Waals surface area contributed by atoms with Crippen LogP contribution in [-0.2, 0) is 0 Å². The Morgan fingerprint density at radius 1 is 1.00 bits per heavy atom. The molecule has 2 aromatic carbocycles. The normalized spacial score (nSPS) is 11.6. The van der Waals surface area contributed by atoms with E-state index in [2.05, 4.69) is 10.3 Å². The molecule has 1 heterocycles. The van der Waals surface area contributed by atoms with Gasteiger partial charge in [-0.25, -0.2) is 4.98 Å². The number of pyridine rings is 1. The van der Waals surface area contributed by atoms with E-state index >= 15 is 0 Å². The van der Waals surface area contributed by atoms with E-state index in [1.165, 1.54) is 6.20 Å². The smallest absolute Gasteiger partial charge is 0.252 e. The minimum absolute atomic E-state index is 0.180. The van der Waals surface area contributed by atoms with Gasteiger partial charge >= 0.3 is 0 Å². The van der Waals surface area contributed by atoms with Crippen molar-refractivity contribution in [2.45, 2.75) is 6.04 Å². The van der Waals surface area contributed by atoms with Gasteiger partial charge in [-0.2, -0.15) is 0 Å². The highest BCUT2D eigenvalue weighted by Crippen LogP contribution is 2.24. The van der Waals surface area contributed by atoms with Crippen molar-refractivity contribution in [3.05, 3.63) is 89.6 Å². The monoisotopic (exact) mass is 333 g/mol. The Bertz CT molecular complexity index is 831. The van der Waals surface area contributed by atoms with Crippen LogP contribution < -0.4 is 15.8 Å². The number of ether oxygens (including phenoxy) is 1. The van der Waals surface area contributed by atoms with Crippen LogP contribution in [0.25, 0.3) is 0 Å². The van der Waals surface area contributed by atoms with E-state index in [0.717, 1.165) is 11.1 Å². The zero-order valence-corrected chi connectivity index (χ0v) is 13.8. The highest BCUT2D eigenvalue weighted by molar-refractivity contribution is 5.93. The van der Waals surface area contributed by atoms with Crippen LogP contribution >= 0.6 is 0 Å². The zero-order valence-electron chi connectivity index (χ0n) is 13.8. The predicted molar refractivity (Wildman–Crippen MR) is 96.6 cm³/mol. The number of nitrogens with zero attached hydrogens (tertiary/aromatic N) is 1. The SMILES string of the molecule is CNC(=O)c1ccc(Oc2ccc(C(N)c3ccccc3)cc2)nc1. The molecule has 0 aliphatic heterocycles.